The second-order valence-electron chi connectivity index (χ2n) is 5.05. The molecule has 3 N–H and O–H groups in total. The zero-order valence-electron chi connectivity index (χ0n) is 9.64. The molecule has 1 aliphatic carbocycles. The van der Waals surface area contributed by atoms with Gasteiger partial charge in [-0.15, -0.1) is 0 Å². The van der Waals surface area contributed by atoms with Crippen LogP contribution in [0.5, 0.6) is 0 Å². The standard InChI is InChI=1S/C13H20N2/c1-13(2,9-14)15-12-7-6-10-4-3-5-11(10)8-12/h6-8,15H,3-5,9,14H2,1-2H3. The number of rotatable bonds is 3. The van der Waals surface area contributed by atoms with E-state index in [1.807, 2.05) is 0 Å². The van der Waals surface area contributed by atoms with Gasteiger partial charge in [-0.05, 0) is 56.4 Å². The molecule has 0 aromatic heterocycles. The smallest absolute Gasteiger partial charge is 0.0439 e. The number of nitrogens with two attached hydrogens (primary N) is 1. The summed E-state index contributed by atoms with van der Waals surface area (Å²) in [5.41, 5.74) is 9.91. The third-order valence-electron chi connectivity index (χ3n) is 3.09. The fourth-order valence-corrected chi connectivity index (χ4v) is 2.09. The Morgan fingerprint density at radius 2 is 2.00 bits per heavy atom. The van der Waals surface area contributed by atoms with E-state index in [9.17, 15) is 0 Å². The molecule has 1 aromatic carbocycles. The molecule has 0 heterocycles. The summed E-state index contributed by atoms with van der Waals surface area (Å²) >= 11 is 0. The normalized spacial score (nSPS) is 15.1. The number of aryl methyl sites for hydroxylation is 2. The summed E-state index contributed by atoms with van der Waals surface area (Å²) < 4.78 is 0. The van der Waals surface area contributed by atoms with E-state index in [1.54, 1.807) is 0 Å². The highest BCUT2D eigenvalue weighted by Gasteiger charge is 2.16. The molecule has 82 valence electrons. The maximum atomic E-state index is 5.70. The van der Waals surface area contributed by atoms with Crippen LogP contribution >= 0.6 is 0 Å². The minimum atomic E-state index is -0.0210. The van der Waals surface area contributed by atoms with Gasteiger partial charge in [0.25, 0.3) is 0 Å². The van der Waals surface area contributed by atoms with Crippen LogP contribution in [0.4, 0.5) is 5.69 Å². The average Bonchev–Trinajstić information content (AvgIpc) is 2.64. The van der Waals surface area contributed by atoms with Crippen LogP contribution < -0.4 is 11.1 Å². The SMILES string of the molecule is CC(C)(CN)Nc1ccc2c(c1)CCC2. The monoisotopic (exact) mass is 204 g/mol. The molecule has 0 bridgehead atoms. The van der Waals surface area contributed by atoms with Crippen molar-refractivity contribution in [2.24, 2.45) is 5.73 Å². The van der Waals surface area contributed by atoms with E-state index >= 15 is 0 Å². The molecule has 0 saturated heterocycles. The van der Waals surface area contributed by atoms with Gasteiger partial charge in [-0.2, -0.15) is 0 Å². The van der Waals surface area contributed by atoms with Gasteiger partial charge in [0, 0.05) is 17.8 Å². The van der Waals surface area contributed by atoms with Crippen molar-refractivity contribution in [3.8, 4) is 0 Å². The molecule has 0 spiro atoms. The van der Waals surface area contributed by atoms with Crippen LogP contribution in [-0.4, -0.2) is 12.1 Å². The molecule has 2 rings (SSSR count). The van der Waals surface area contributed by atoms with E-state index in [0.29, 0.717) is 6.54 Å². The number of hydrogen-bond donors (Lipinski definition) is 2. The van der Waals surface area contributed by atoms with Crippen LogP contribution in [0.1, 0.15) is 31.4 Å². The Morgan fingerprint density at radius 1 is 1.27 bits per heavy atom. The fraction of sp³-hybridized carbons (Fsp3) is 0.538. The molecule has 1 aromatic rings. The summed E-state index contributed by atoms with van der Waals surface area (Å²) in [6.07, 6.45) is 3.78. The Bertz CT molecular complexity index is 356. The molecular formula is C13H20N2. The van der Waals surface area contributed by atoms with Crippen molar-refractivity contribution < 1.29 is 0 Å². The van der Waals surface area contributed by atoms with Gasteiger partial charge in [0.15, 0.2) is 0 Å². The van der Waals surface area contributed by atoms with Gasteiger partial charge < -0.3 is 11.1 Å². The van der Waals surface area contributed by atoms with Gasteiger partial charge in [0.2, 0.25) is 0 Å². The van der Waals surface area contributed by atoms with Crippen LogP contribution in [-0.2, 0) is 12.8 Å². The second-order valence-corrected chi connectivity index (χ2v) is 5.05. The van der Waals surface area contributed by atoms with E-state index in [0.717, 1.165) is 0 Å². The third-order valence-corrected chi connectivity index (χ3v) is 3.09. The topological polar surface area (TPSA) is 38.0 Å². The van der Waals surface area contributed by atoms with Gasteiger partial charge in [0.1, 0.15) is 0 Å². The van der Waals surface area contributed by atoms with Gasteiger partial charge in [0.05, 0.1) is 0 Å². The zero-order chi connectivity index (χ0) is 10.9. The summed E-state index contributed by atoms with van der Waals surface area (Å²) in [5, 5.41) is 3.47. The summed E-state index contributed by atoms with van der Waals surface area (Å²) in [5.74, 6) is 0. The lowest BCUT2D eigenvalue weighted by molar-refractivity contribution is 0.580. The van der Waals surface area contributed by atoms with Crippen LogP contribution in [0.15, 0.2) is 18.2 Å². The lowest BCUT2D eigenvalue weighted by Gasteiger charge is -2.26. The number of benzene rings is 1. The molecular weight excluding hydrogens is 184 g/mol. The first-order valence-electron chi connectivity index (χ1n) is 5.71. The number of hydrogen-bond acceptors (Lipinski definition) is 2. The minimum absolute atomic E-state index is 0.0210. The Hall–Kier alpha value is -1.02. The Kier molecular flexibility index (Phi) is 2.70. The lowest BCUT2D eigenvalue weighted by Crippen LogP contribution is -2.39. The van der Waals surface area contributed by atoms with Crippen molar-refractivity contribution in [1.29, 1.82) is 0 Å². The maximum absolute atomic E-state index is 5.70. The van der Waals surface area contributed by atoms with E-state index in [4.69, 9.17) is 5.73 Å². The highest BCUT2D eigenvalue weighted by Crippen LogP contribution is 2.26. The quantitative estimate of drug-likeness (QED) is 0.793. The first-order valence-corrected chi connectivity index (χ1v) is 5.71. The average molecular weight is 204 g/mol. The molecule has 0 atom stereocenters. The summed E-state index contributed by atoms with van der Waals surface area (Å²) in [6, 6.07) is 6.69. The first kappa shape index (κ1) is 10.5. The molecule has 0 aliphatic heterocycles. The number of anilines is 1. The summed E-state index contributed by atoms with van der Waals surface area (Å²) in [7, 11) is 0. The molecule has 0 saturated carbocycles. The minimum Gasteiger partial charge on any atom is -0.379 e. The van der Waals surface area contributed by atoms with Crippen LogP contribution in [0.25, 0.3) is 0 Å². The third kappa shape index (κ3) is 2.32. The van der Waals surface area contributed by atoms with Crippen molar-refractivity contribution in [2.75, 3.05) is 11.9 Å². The van der Waals surface area contributed by atoms with Crippen molar-refractivity contribution in [3.05, 3.63) is 29.3 Å². The van der Waals surface area contributed by atoms with Crippen molar-refractivity contribution in [3.63, 3.8) is 0 Å². The Labute approximate surface area is 91.9 Å². The molecule has 2 heteroatoms. The van der Waals surface area contributed by atoms with Crippen molar-refractivity contribution in [1.82, 2.24) is 0 Å². The molecule has 2 nitrogen and oxygen atoms in total. The first-order chi connectivity index (χ1) is 7.11. The largest absolute Gasteiger partial charge is 0.379 e. The highest BCUT2D eigenvalue weighted by molar-refractivity contribution is 5.51. The molecule has 15 heavy (non-hydrogen) atoms. The Morgan fingerprint density at radius 3 is 2.73 bits per heavy atom. The van der Waals surface area contributed by atoms with Crippen LogP contribution in [0, 0.1) is 0 Å². The van der Waals surface area contributed by atoms with Crippen LogP contribution in [0.3, 0.4) is 0 Å². The number of nitrogens with one attached hydrogen (secondary N) is 1. The van der Waals surface area contributed by atoms with Crippen molar-refractivity contribution >= 4 is 5.69 Å². The van der Waals surface area contributed by atoms with E-state index in [2.05, 4.69) is 37.4 Å². The maximum Gasteiger partial charge on any atom is 0.0439 e. The fourth-order valence-electron chi connectivity index (χ4n) is 2.09. The van der Waals surface area contributed by atoms with Gasteiger partial charge >= 0.3 is 0 Å². The predicted molar refractivity (Wildman–Crippen MR) is 65.2 cm³/mol. The van der Waals surface area contributed by atoms with Gasteiger partial charge in [-0.3, -0.25) is 0 Å². The van der Waals surface area contributed by atoms with E-state index in [1.165, 1.54) is 36.1 Å². The Balaban J connectivity index is 2.17. The lowest BCUT2D eigenvalue weighted by atomic mass is 10.0. The second kappa shape index (κ2) is 3.86. The van der Waals surface area contributed by atoms with Crippen molar-refractivity contribution in [2.45, 2.75) is 38.6 Å². The molecule has 0 radical (unpaired) electrons. The molecule has 0 unspecified atom stereocenters. The number of fused-ring (bicyclic) bond motifs is 1. The van der Waals surface area contributed by atoms with Crippen LogP contribution in [0.2, 0.25) is 0 Å². The summed E-state index contributed by atoms with van der Waals surface area (Å²) in [4.78, 5) is 0. The van der Waals surface area contributed by atoms with E-state index in [-0.39, 0.29) is 5.54 Å². The van der Waals surface area contributed by atoms with Gasteiger partial charge in [-0.1, -0.05) is 6.07 Å². The van der Waals surface area contributed by atoms with E-state index < -0.39 is 0 Å². The zero-order valence-corrected chi connectivity index (χ0v) is 9.64. The summed E-state index contributed by atoms with van der Waals surface area (Å²) in [6.45, 7) is 4.89. The molecule has 0 amide bonds. The van der Waals surface area contributed by atoms with Gasteiger partial charge in [-0.25, -0.2) is 0 Å². The highest BCUT2D eigenvalue weighted by atomic mass is 15.0. The predicted octanol–water partition coefficient (Wildman–Crippen LogP) is 2.32. The molecule has 1 aliphatic rings. The molecule has 0 fully saturated rings.